The second-order valence-electron chi connectivity index (χ2n) is 4.24. The Labute approximate surface area is 85.5 Å². The van der Waals surface area contributed by atoms with Gasteiger partial charge < -0.3 is 9.84 Å². The van der Waals surface area contributed by atoms with Crippen molar-refractivity contribution in [2.24, 2.45) is 5.41 Å². The normalized spacial score (nSPS) is 20.6. The maximum absolute atomic E-state index is 11.2. The van der Waals surface area contributed by atoms with E-state index in [4.69, 9.17) is 4.74 Å². The smallest absolute Gasteiger partial charge is 0.309 e. The van der Waals surface area contributed by atoms with Crippen LogP contribution in [-0.2, 0) is 9.53 Å². The summed E-state index contributed by atoms with van der Waals surface area (Å²) in [7, 11) is 1.66. The van der Waals surface area contributed by atoms with Crippen molar-refractivity contribution in [2.45, 2.75) is 44.9 Å². The lowest BCUT2D eigenvalue weighted by atomic mass is 9.71. The van der Waals surface area contributed by atoms with E-state index in [1.54, 1.807) is 7.11 Å². The van der Waals surface area contributed by atoms with Crippen molar-refractivity contribution in [1.29, 1.82) is 0 Å². The van der Waals surface area contributed by atoms with Gasteiger partial charge in [-0.15, -0.1) is 0 Å². The number of methoxy groups -OCH3 is 1. The zero-order valence-electron chi connectivity index (χ0n) is 8.92. The summed E-state index contributed by atoms with van der Waals surface area (Å²) in [5.74, 6) is -0.603. The molecule has 1 aliphatic carbocycles. The van der Waals surface area contributed by atoms with Gasteiger partial charge in [-0.05, 0) is 25.7 Å². The summed E-state index contributed by atoms with van der Waals surface area (Å²) in [4.78, 5) is 11.2. The van der Waals surface area contributed by atoms with E-state index in [0.717, 1.165) is 38.5 Å². The van der Waals surface area contributed by atoms with Gasteiger partial charge in [-0.2, -0.15) is 0 Å². The van der Waals surface area contributed by atoms with Crippen molar-refractivity contribution in [3.05, 3.63) is 0 Å². The van der Waals surface area contributed by atoms with Gasteiger partial charge in [0.15, 0.2) is 0 Å². The van der Waals surface area contributed by atoms with Crippen molar-refractivity contribution in [3.8, 4) is 0 Å². The lowest BCUT2D eigenvalue weighted by molar-refractivity contribution is -0.151. The van der Waals surface area contributed by atoms with Gasteiger partial charge >= 0.3 is 5.97 Å². The summed E-state index contributed by atoms with van der Waals surface area (Å²) in [6.07, 6.45) is 6.68. The minimum atomic E-state index is -0.603. The highest BCUT2D eigenvalue weighted by molar-refractivity contribution is 5.74. The van der Waals surface area contributed by atoms with Crippen LogP contribution < -0.4 is 0 Å². The topological polar surface area (TPSA) is 46.5 Å². The summed E-state index contributed by atoms with van der Waals surface area (Å²) in [5.41, 5.74) is -0.434. The highest BCUT2D eigenvalue weighted by Crippen LogP contribution is 2.40. The van der Waals surface area contributed by atoms with Crippen LogP contribution in [-0.4, -0.2) is 24.8 Å². The van der Waals surface area contributed by atoms with Crippen LogP contribution >= 0.6 is 0 Å². The SMILES string of the molecule is COCCCC1(C(=O)O)CCCCC1. The second kappa shape index (κ2) is 5.35. The van der Waals surface area contributed by atoms with E-state index in [9.17, 15) is 9.90 Å². The third-order valence-corrected chi connectivity index (χ3v) is 3.27. The van der Waals surface area contributed by atoms with Crippen LogP contribution in [0.1, 0.15) is 44.9 Å². The molecule has 3 heteroatoms. The predicted octanol–water partition coefficient (Wildman–Crippen LogP) is 2.45. The van der Waals surface area contributed by atoms with Crippen LogP contribution in [0, 0.1) is 5.41 Å². The number of carbonyl (C=O) groups is 1. The van der Waals surface area contributed by atoms with E-state index in [1.165, 1.54) is 6.42 Å². The number of carboxylic acids is 1. The number of rotatable bonds is 5. The summed E-state index contributed by atoms with van der Waals surface area (Å²) in [6.45, 7) is 0.676. The third-order valence-electron chi connectivity index (χ3n) is 3.27. The van der Waals surface area contributed by atoms with Crippen molar-refractivity contribution >= 4 is 5.97 Å². The first-order valence-electron chi connectivity index (χ1n) is 5.44. The second-order valence-corrected chi connectivity index (χ2v) is 4.24. The Bertz CT molecular complexity index is 183. The molecule has 0 bridgehead atoms. The van der Waals surface area contributed by atoms with E-state index < -0.39 is 11.4 Å². The largest absolute Gasteiger partial charge is 0.481 e. The highest BCUT2D eigenvalue weighted by atomic mass is 16.5. The molecule has 0 heterocycles. The van der Waals surface area contributed by atoms with Crippen LogP contribution in [0.5, 0.6) is 0 Å². The van der Waals surface area contributed by atoms with Crippen LogP contribution in [0.4, 0.5) is 0 Å². The molecule has 0 amide bonds. The molecule has 1 N–H and O–H groups in total. The molecule has 0 aliphatic heterocycles. The van der Waals surface area contributed by atoms with Gasteiger partial charge in [0.25, 0.3) is 0 Å². The number of ether oxygens (including phenoxy) is 1. The predicted molar refractivity (Wildman–Crippen MR) is 54.3 cm³/mol. The number of hydrogen-bond donors (Lipinski definition) is 1. The quantitative estimate of drug-likeness (QED) is 0.693. The van der Waals surface area contributed by atoms with Crippen LogP contribution in [0.25, 0.3) is 0 Å². The minimum Gasteiger partial charge on any atom is -0.481 e. The fourth-order valence-corrected chi connectivity index (χ4v) is 2.35. The fraction of sp³-hybridized carbons (Fsp3) is 0.909. The number of hydrogen-bond acceptors (Lipinski definition) is 2. The summed E-state index contributed by atoms with van der Waals surface area (Å²) < 4.78 is 4.96. The van der Waals surface area contributed by atoms with E-state index in [1.807, 2.05) is 0 Å². The first kappa shape index (κ1) is 11.5. The van der Waals surface area contributed by atoms with Gasteiger partial charge in [0.1, 0.15) is 0 Å². The Balaban J connectivity index is 2.47. The van der Waals surface area contributed by atoms with E-state index in [2.05, 4.69) is 0 Å². The molecule has 1 saturated carbocycles. The maximum atomic E-state index is 11.2. The summed E-state index contributed by atoms with van der Waals surface area (Å²) in [6, 6.07) is 0. The van der Waals surface area contributed by atoms with Crippen molar-refractivity contribution in [2.75, 3.05) is 13.7 Å². The molecule has 0 unspecified atom stereocenters. The molecule has 0 radical (unpaired) electrons. The standard InChI is InChI=1S/C11H20O3/c1-14-9-5-8-11(10(12)13)6-3-2-4-7-11/h2-9H2,1H3,(H,12,13). The first-order chi connectivity index (χ1) is 6.71. The van der Waals surface area contributed by atoms with Crippen LogP contribution in [0.2, 0.25) is 0 Å². The Morgan fingerprint density at radius 2 is 2.00 bits per heavy atom. The van der Waals surface area contributed by atoms with Crippen molar-refractivity contribution in [3.63, 3.8) is 0 Å². The van der Waals surface area contributed by atoms with Gasteiger partial charge in [-0.1, -0.05) is 19.3 Å². The lowest BCUT2D eigenvalue weighted by Gasteiger charge is -2.33. The number of aliphatic carboxylic acids is 1. The highest BCUT2D eigenvalue weighted by Gasteiger charge is 2.38. The molecule has 1 rings (SSSR count). The van der Waals surface area contributed by atoms with E-state index in [-0.39, 0.29) is 0 Å². The Morgan fingerprint density at radius 1 is 1.36 bits per heavy atom. The molecule has 0 saturated heterocycles. The zero-order chi connectivity index (χ0) is 10.4. The average Bonchev–Trinajstić information content (AvgIpc) is 2.19. The van der Waals surface area contributed by atoms with Crippen LogP contribution in [0.3, 0.4) is 0 Å². The van der Waals surface area contributed by atoms with Crippen molar-refractivity contribution in [1.82, 2.24) is 0 Å². The summed E-state index contributed by atoms with van der Waals surface area (Å²) >= 11 is 0. The first-order valence-corrected chi connectivity index (χ1v) is 5.44. The van der Waals surface area contributed by atoms with Crippen molar-refractivity contribution < 1.29 is 14.6 Å². The van der Waals surface area contributed by atoms with Gasteiger partial charge in [0, 0.05) is 13.7 Å². The molecule has 0 atom stereocenters. The molecule has 0 aromatic rings. The third kappa shape index (κ3) is 2.71. The van der Waals surface area contributed by atoms with E-state index >= 15 is 0 Å². The fourth-order valence-electron chi connectivity index (χ4n) is 2.35. The molecule has 0 aromatic heterocycles. The Kier molecular flexibility index (Phi) is 4.39. The van der Waals surface area contributed by atoms with Gasteiger partial charge in [0.05, 0.1) is 5.41 Å². The molecule has 0 spiro atoms. The monoisotopic (exact) mass is 200 g/mol. The van der Waals surface area contributed by atoms with Gasteiger partial charge in [-0.3, -0.25) is 4.79 Å². The van der Waals surface area contributed by atoms with Gasteiger partial charge in [-0.25, -0.2) is 0 Å². The zero-order valence-corrected chi connectivity index (χ0v) is 8.92. The summed E-state index contributed by atoms with van der Waals surface area (Å²) in [5, 5.41) is 9.25. The van der Waals surface area contributed by atoms with Gasteiger partial charge in [0.2, 0.25) is 0 Å². The minimum absolute atomic E-state index is 0.434. The molecule has 14 heavy (non-hydrogen) atoms. The lowest BCUT2D eigenvalue weighted by Crippen LogP contribution is -2.33. The van der Waals surface area contributed by atoms with Crippen LogP contribution in [0.15, 0.2) is 0 Å². The molecule has 1 fully saturated rings. The molecular weight excluding hydrogens is 180 g/mol. The van der Waals surface area contributed by atoms with E-state index in [0.29, 0.717) is 6.61 Å². The number of carboxylic acid groups (broad SMARTS) is 1. The maximum Gasteiger partial charge on any atom is 0.309 e. The molecule has 82 valence electrons. The molecule has 0 aromatic carbocycles. The molecular formula is C11H20O3. The average molecular weight is 200 g/mol. The molecule has 1 aliphatic rings. The Morgan fingerprint density at radius 3 is 2.50 bits per heavy atom. The molecule has 3 nitrogen and oxygen atoms in total. The Hall–Kier alpha value is -0.570.